The van der Waals surface area contributed by atoms with E-state index in [1.807, 2.05) is 0 Å². The van der Waals surface area contributed by atoms with E-state index in [2.05, 4.69) is 31.0 Å². The number of hydrogen-bond acceptors (Lipinski definition) is 2. The molecule has 0 aromatic heterocycles. The van der Waals surface area contributed by atoms with Crippen molar-refractivity contribution in [2.24, 2.45) is 11.3 Å². The van der Waals surface area contributed by atoms with Crippen LogP contribution in [-0.2, 0) is 0 Å². The molecule has 2 nitrogen and oxygen atoms in total. The number of rotatable bonds is 8. The van der Waals surface area contributed by atoms with Crippen LogP contribution in [-0.4, -0.2) is 37.1 Å². The van der Waals surface area contributed by atoms with Crippen LogP contribution in [0.3, 0.4) is 0 Å². The summed E-state index contributed by atoms with van der Waals surface area (Å²) in [7, 11) is 0. The van der Waals surface area contributed by atoms with Crippen molar-refractivity contribution in [2.75, 3.05) is 26.2 Å². The Morgan fingerprint density at radius 1 is 1.33 bits per heavy atom. The topological polar surface area (TPSA) is 15.3 Å². The normalized spacial score (nSPS) is 28.5. The molecule has 1 aliphatic heterocycles. The van der Waals surface area contributed by atoms with Crippen molar-refractivity contribution < 1.29 is 0 Å². The van der Waals surface area contributed by atoms with Gasteiger partial charge in [-0.05, 0) is 56.5 Å². The predicted octanol–water partition coefficient (Wildman–Crippen LogP) is 3.28. The lowest BCUT2D eigenvalue weighted by molar-refractivity contribution is 0.140. The maximum atomic E-state index is 3.60. The van der Waals surface area contributed by atoms with Gasteiger partial charge in [0.15, 0.2) is 0 Å². The molecule has 2 rings (SSSR count). The molecule has 1 unspecified atom stereocenters. The zero-order valence-corrected chi connectivity index (χ0v) is 12.7. The third-order valence-corrected chi connectivity index (χ3v) is 4.71. The minimum Gasteiger partial charge on any atom is -0.316 e. The van der Waals surface area contributed by atoms with Crippen LogP contribution in [0.15, 0.2) is 0 Å². The van der Waals surface area contributed by atoms with Crippen LogP contribution in [0.5, 0.6) is 0 Å². The largest absolute Gasteiger partial charge is 0.316 e. The summed E-state index contributed by atoms with van der Waals surface area (Å²) >= 11 is 0. The molecule has 1 saturated heterocycles. The van der Waals surface area contributed by atoms with Gasteiger partial charge in [0.1, 0.15) is 0 Å². The monoisotopic (exact) mass is 252 g/mol. The molecule has 0 aromatic rings. The van der Waals surface area contributed by atoms with Crippen LogP contribution in [0.1, 0.15) is 59.3 Å². The molecule has 106 valence electrons. The molecule has 0 radical (unpaired) electrons. The van der Waals surface area contributed by atoms with Crippen molar-refractivity contribution in [1.29, 1.82) is 0 Å². The summed E-state index contributed by atoms with van der Waals surface area (Å²) in [6.07, 6.45) is 8.41. The summed E-state index contributed by atoms with van der Waals surface area (Å²) in [5, 5.41) is 3.60. The quantitative estimate of drug-likeness (QED) is 0.713. The minimum atomic E-state index is 0.592. The fourth-order valence-electron chi connectivity index (χ4n) is 3.44. The smallest absolute Gasteiger partial charge is 0.00966 e. The van der Waals surface area contributed by atoms with E-state index in [-0.39, 0.29) is 0 Å². The Balaban J connectivity index is 1.89. The van der Waals surface area contributed by atoms with Crippen LogP contribution < -0.4 is 5.32 Å². The van der Waals surface area contributed by atoms with Gasteiger partial charge in [0.25, 0.3) is 0 Å². The third kappa shape index (κ3) is 3.96. The number of hydrogen-bond donors (Lipinski definition) is 1. The first-order valence-corrected chi connectivity index (χ1v) is 8.10. The lowest BCUT2D eigenvalue weighted by Crippen LogP contribution is -2.41. The first-order valence-electron chi connectivity index (χ1n) is 8.10. The summed E-state index contributed by atoms with van der Waals surface area (Å²) in [4.78, 5) is 2.82. The first-order chi connectivity index (χ1) is 8.65. The van der Waals surface area contributed by atoms with Gasteiger partial charge >= 0.3 is 0 Å². The van der Waals surface area contributed by atoms with E-state index >= 15 is 0 Å². The van der Waals surface area contributed by atoms with Crippen molar-refractivity contribution in [3.8, 4) is 0 Å². The molecule has 0 amide bonds. The minimum absolute atomic E-state index is 0.592. The van der Waals surface area contributed by atoms with Crippen LogP contribution >= 0.6 is 0 Å². The molecule has 1 atom stereocenters. The fraction of sp³-hybridized carbons (Fsp3) is 1.00. The van der Waals surface area contributed by atoms with Gasteiger partial charge in [-0.15, -0.1) is 0 Å². The molecule has 0 spiro atoms. The van der Waals surface area contributed by atoms with Gasteiger partial charge in [-0.2, -0.15) is 0 Å². The summed E-state index contributed by atoms with van der Waals surface area (Å²) in [6.45, 7) is 12.2. The predicted molar refractivity (Wildman–Crippen MR) is 78.9 cm³/mol. The van der Waals surface area contributed by atoms with Gasteiger partial charge < -0.3 is 5.32 Å². The van der Waals surface area contributed by atoms with E-state index in [0.29, 0.717) is 5.41 Å². The van der Waals surface area contributed by atoms with Crippen LogP contribution in [0, 0.1) is 11.3 Å². The summed E-state index contributed by atoms with van der Waals surface area (Å²) < 4.78 is 0. The van der Waals surface area contributed by atoms with E-state index in [9.17, 15) is 0 Å². The van der Waals surface area contributed by atoms with Gasteiger partial charge in [-0.25, -0.2) is 0 Å². The first kappa shape index (κ1) is 14.3. The van der Waals surface area contributed by atoms with E-state index in [1.165, 1.54) is 64.7 Å². The maximum absolute atomic E-state index is 3.60. The van der Waals surface area contributed by atoms with Crippen LogP contribution in [0.2, 0.25) is 0 Å². The van der Waals surface area contributed by atoms with Crippen molar-refractivity contribution in [3.05, 3.63) is 0 Å². The summed E-state index contributed by atoms with van der Waals surface area (Å²) in [5.74, 6) is 0.843. The number of nitrogens with zero attached hydrogens (tertiary/aromatic N) is 1. The second-order valence-electron chi connectivity index (χ2n) is 7.06. The van der Waals surface area contributed by atoms with E-state index in [1.54, 1.807) is 0 Å². The average molecular weight is 252 g/mol. The van der Waals surface area contributed by atoms with Crippen molar-refractivity contribution in [1.82, 2.24) is 10.2 Å². The third-order valence-electron chi connectivity index (χ3n) is 4.71. The highest BCUT2D eigenvalue weighted by molar-refractivity contribution is 4.94. The molecule has 0 bridgehead atoms. The van der Waals surface area contributed by atoms with Crippen LogP contribution in [0.4, 0.5) is 0 Å². The van der Waals surface area contributed by atoms with Gasteiger partial charge in [-0.1, -0.05) is 27.2 Å². The van der Waals surface area contributed by atoms with Gasteiger partial charge in [-0.3, -0.25) is 4.90 Å². The molecule has 2 heteroatoms. The second-order valence-corrected chi connectivity index (χ2v) is 7.06. The molecule has 2 aliphatic rings. The molecule has 1 heterocycles. The molecule has 1 saturated carbocycles. The van der Waals surface area contributed by atoms with Crippen LogP contribution in [0.25, 0.3) is 0 Å². The van der Waals surface area contributed by atoms with E-state index < -0.39 is 0 Å². The Hall–Kier alpha value is -0.0800. The van der Waals surface area contributed by atoms with Gasteiger partial charge in [0.05, 0.1) is 0 Å². The summed E-state index contributed by atoms with van der Waals surface area (Å²) in [6, 6.07) is 0.929. The van der Waals surface area contributed by atoms with Crippen molar-refractivity contribution >= 4 is 0 Å². The molecule has 18 heavy (non-hydrogen) atoms. The van der Waals surface area contributed by atoms with Crippen molar-refractivity contribution in [2.45, 2.75) is 65.3 Å². The van der Waals surface area contributed by atoms with Gasteiger partial charge in [0, 0.05) is 19.1 Å². The zero-order chi connectivity index (χ0) is 13.0. The highest BCUT2D eigenvalue weighted by Gasteiger charge is 2.38. The molecular formula is C16H32N2. The van der Waals surface area contributed by atoms with E-state index in [0.717, 1.165) is 12.0 Å². The molecule has 1 aliphatic carbocycles. The Bertz CT molecular complexity index is 239. The van der Waals surface area contributed by atoms with Crippen molar-refractivity contribution in [3.63, 3.8) is 0 Å². The zero-order valence-electron chi connectivity index (χ0n) is 12.7. The molecule has 0 aromatic carbocycles. The Labute approximate surface area is 114 Å². The Morgan fingerprint density at radius 2 is 2.11 bits per heavy atom. The van der Waals surface area contributed by atoms with Gasteiger partial charge in [0.2, 0.25) is 0 Å². The average Bonchev–Trinajstić information content (AvgIpc) is 3.07. The van der Waals surface area contributed by atoms with E-state index in [4.69, 9.17) is 0 Å². The number of nitrogens with one attached hydrogen (secondary N) is 1. The second kappa shape index (κ2) is 6.38. The Morgan fingerprint density at radius 3 is 2.61 bits per heavy atom. The molecule has 1 N–H and O–H groups in total. The SMILES string of the molecule is CCCC1(CN(CCC(C)C)C2CC2)CCNC1. The Kier molecular flexibility index (Phi) is 5.08. The lowest BCUT2D eigenvalue weighted by Gasteiger charge is -2.35. The standard InChI is InChI=1S/C16H32N2/c1-4-8-16(9-10-17-12-16)13-18(15-5-6-15)11-7-14(2)3/h14-15,17H,4-13H2,1-3H3. The maximum Gasteiger partial charge on any atom is 0.00966 e. The highest BCUT2D eigenvalue weighted by atomic mass is 15.2. The molecular weight excluding hydrogens is 220 g/mol. The fourth-order valence-corrected chi connectivity index (χ4v) is 3.44. The summed E-state index contributed by atoms with van der Waals surface area (Å²) in [5.41, 5.74) is 0.592. The lowest BCUT2D eigenvalue weighted by atomic mass is 9.82. The highest BCUT2D eigenvalue weighted by Crippen LogP contribution is 2.36. The molecule has 2 fully saturated rings.